The van der Waals surface area contributed by atoms with Crippen molar-refractivity contribution < 1.29 is 13.2 Å². The lowest BCUT2D eigenvalue weighted by Gasteiger charge is -2.07. The Bertz CT molecular complexity index is 610. The monoisotopic (exact) mass is 256 g/mol. The Morgan fingerprint density at radius 1 is 1.33 bits per heavy atom. The molecule has 1 heterocycles. The van der Waals surface area contributed by atoms with E-state index in [1.807, 2.05) is 6.92 Å². The minimum atomic E-state index is -4.41. The molecule has 0 saturated heterocycles. The normalized spacial score (nSPS) is 11.8. The van der Waals surface area contributed by atoms with E-state index in [-0.39, 0.29) is 11.1 Å². The van der Waals surface area contributed by atoms with Gasteiger partial charge in [-0.3, -0.25) is 14.6 Å². The number of hydrogen-bond acceptors (Lipinski definition) is 1. The van der Waals surface area contributed by atoms with Crippen molar-refractivity contribution in [2.75, 3.05) is 0 Å². The highest BCUT2D eigenvalue weighted by atomic mass is 19.4. The fourth-order valence-corrected chi connectivity index (χ4v) is 1.68. The molecular weight excluding hydrogens is 245 g/mol. The molecule has 0 aliphatic rings. The highest BCUT2D eigenvalue weighted by Crippen LogP contribution is 2.31. The van der Waals surface area contributed by atoms with Crippen molar-refractivity contribution in [2.45, 2.75) is 19.6 Å². The molecule has 0 radical (unpaired) electrons. The molecule has 0 bridgehead atoms. The number of nitrogens with one attached hydrogen (secondary N) is 1. The van der Waals surface area contributed by atoms with Gasteiger partial charge in [0, 0.05) is 12.7 Å². The van der Waals surface area contributed by atoms with Gasteiger partial charge in [-0.2, -0.15) is 13.2 Å². The lowest BCUT2D eigenvalue weighted by Crippen LogP contribution is -2.07. The molecule has 0 atom stereocenters. The second kappa shape index (κ2) is 4.36. The molecule has 0 fully saturated rings. The zero-order chi connectivity index (χ0) is 13.3. The summed E-state index contributed by atoms with van der Waals surface area (Å²) in [6.45, 7) is 2.38. The van der Waals surface area contributed by atoms with Crippen LogP contribution in [0.3, 0.4) is 0 Å². The highest BCUT2D eigenvalue weighted by Gasteiger charge is 2.30. The predicted molar refractivity (Wildman–Crippen MR) is 61.2 cm³/mol. The smallest absolute Gasteiger partial charge is 0.292 e. The topological polar surface area (TPSA) is 37.8 Å². The van der Waals surface area contributed by atoms with Crippen LogP contribution in [-0.4, -0.2) is 9.78 Å². The first-order valence-electron chi connectivity index (χ1n) is 5.39. The van der Waals surface area contributed by atoms with Gasteiger partial charge in [0.1, 0.15) is 0 Å². The minimum absolute atomic E-state index is 0.239. The summed E-state index contributed by atoms with van der Waals surface area (Å²) in [6.07, 6.45) is -2.89. The Labute approximate surface area is 101 Å². The average Bonchev–Trinajstić information content (AvgIpc) is 2.70. The third kappa shape index (κ3) is 2.32. The maximum atomic E-state index is 12.6. The molecule has 2 aromatic rings. The number of benzene rings is 1. The summed E-state index contributed by atoms with van der Waals surface area (Å²) in [5.41, 5.74) is -0.652. The molecule has 6 heteroatoms. The van der Waals surface area contributed by atoms with Gasteiger partial charge in [0.05, 0.1) is 11.1 Å². The Hall–Kier alpha value is -1.98. The lowest BCUT2D eigenvalue weighted by atomic mass is 10.1. The quantitative estimate of drug-likeness (QED) is 0.881. The largest absolute Gasteiger partial charge is 0.416 e. The Morgan fingerprint density at radius 3 is 2.61 bits per heavy atom. The number of aromatic amines is 1. The Morgan fingerprint density at radius 2 is 2.06 bits per heavy atom. The summed E-state index contributed by atoms with van der Waals surface area (Å²) >= 11 is 0. The van der Waals surface area contributed by atoms with Crippen molar-refractivity contribution in [2.24, 2.45) is 0 Å². The van der Waals surface area contributed by atoms with Gasteiger partial charge in [0.15, 0.2) is 0 Å². The van der Waals surface area contributed by atoms with Crippen LogP contribution in [0.15, 0.2) is 35.3 Å². The number of hydrogen-bond donors (Lipinski definition) is 1. The first-order chi connectivity index (χ1) is 8.41. The van der Waals surface area contributed by atoms with Crippen LogP contribution in [0.4, 0.5) is 13.2 Å². The van der Waals surface area contributed by atoms with Gasteiger partial charge < -0.3 is 0 Å². The first kappa shape index (κ1) is 12.5. The van der Waals surface area contributed by atoms with E-state index in [4.69, 9.17) is 0 Å². The molecule has 0 amide bonds. The standard InChI is InChI=1S/C12H11F3N2O/c1-2-17-7-10(11(18)16-17)8-4-3-5-9(6-8)12(13,14)15/h3-7H,2H2,1H3,(H,16,18). The van der Waals surface area contributed by atoms with Gasteiger partial charge in [0.25, 0.3) is 5.56 Å². The van der Waals surface area contributed by atoms with Gasteiger partial charge in [-0.25, -0.2) is 0 Å². The molecule has 0 spiro atoms. The van der Waals surface area contributed by atoms with E-state index in [0.717, 1.165) is 12.1 Å². The van der Waals surface area contributed by atoms with Crippen molar-refractivity contribution in [1.29, 1.82) is 0 Å². The maximum Gasteiger partial charge on any atom is 0.416 e. The van der Waals surface area contributed by atoms with E-state index in [9.17, 15) is 18.0 Å². The van der Waals surface area contributed by atoms with Gasteiger partial charge in [-0.15, -0.1) is 0 Å². The number of alkyl halides is 3. The molecule has 3 nitrogen and oxygen atoms in total. The third-order valence-corrected chi connectivity index (χ3v) is 2.62. The molecule has 18 heavy (non-hydrogen) atoms. The van der Waals surface area contributed by atoms with Gasteiger partial charge in [-0.05, 0) is 24.6 Å². The number of aryl methyl sites for hydroxylation is 1. The van der Waals surface area contributed by atoms with Crippen molar-refractivity contribution in [3.05, 3.63) is 46.4 Å². The molecule has 96 valence electrons. The summed E-state index contributed by atoms with van der Waals surface area (Å²) in [6, 6.07) is 4.74. The second-order valence-electron chi connectivity index (χ2n) is 3.85. The summed E-state index contributed by atoms with van der Waals surface area (Å²) in [4.78, 5) is 11.6. The lowest BCUT2D eigenvalue weighted by molar-refractivity contribution is -0.137. The minimum Gasteiger partial charge on any atom is -0.292 e. The molecule has 1 aromatic carbocycles. The zero-order valence-electron chi connectivity index (χ0n) is 9.58. The number of nitrogens with zero attached hydrogens (tertiary/aromatic N) is 1. The highest BCUT2D eigenvalue weighted by molar-refractivity contribution is 5.62. The van der Waals surface area contributed by atoms with Crippen LogP contribution in [-0.2, 0) is 12.7 Å². The SMILES string of the molecule is CCn1cc(-c2cccc(C(F)(F)F)c2)c(=O)[nH]1. The van der Waals surface area contributed by atoms with E-state index in [0.29, 0.717) is 6.54 Å². The van der Waals surface area contributed by atoms with Crippen LogP contribution in [0.5, 0.6) is 0 Å². The van der Waals surface area contributed by atoms with Crippen molar-refractivity contribution >= 4 is 0 Å². The molecule has 0 saturated carbocycles. The summed E-state index contributed by atoms with van der Waals surface area (Å²) in [5.74, 6) is 0. The molecule has 1 N–H and O–H groups in total. The fraction of sp³-hybridized carbons (Fsp3) is 0.250. The molecule has 0 aliphatic carbocycles. The van der Waals surface area contributed by atoms with E-state index in [1.54, 1.807) is 0 Å². The molecule has 0 unspecified atom stereocenters. The summed E-state index contributed by atoms with van der Waals surface area (Å²) < 4.78 is 39.2. The molecule has 1 aromatic heterocycles. The summed E-state index contributed by atoms with van der Waals surface area (Å²) in [7, 11) is 0. The van der Waals surface area contributed by atoms with E-state index in [1.165, 1.54) is 23.0 Å². The van der Waals surface area contributed by atoms with Crippen molar-refractivity contribution in [1.82, 2.24) is 9.78 Å². The second-order valence-corrected chi connectivity index (χ2v) is 3.85. The molecular formula is C12H11F3N2O. The number of aromatic nitrogens is 2. The van der Waals surface area contributed by atoms with Crippen molar-refractivity contribution in [3.8, 4) is 11.1 Å². The number of rotatable bonds is 2. The van der Waals surface area contributed by atoms with Gasteiger partial charge in [0.2, 0.25) is 0 Å². The number of H-pyrrole nitrogens is 1. The Kier molecular flexibility index (Phi) is 3.02. The first-order valence-corrected chi connectivity index (χ1v) is 5.39. The fourth-order valence-electron chi connectivity index (χ4n) is 1.68. The molecule has 2 rings (SSSR count). The van der Waals surface area contributed by atoms with E-state index >= 15 is 0 Å². The van der Waals surface area contributed by atoms with Crippen LogP contribution in [0.25, 0.3) is 11.1 Å². The van der Waals surface area contributed by atoms with Crippen LogP contribution < -0.4 is 5.56 Å². The van der Waals surface area contributed by atoms with Crippen LogP contribution in [0, 0.1) is 0 Å². The van der Waals surface area contributed by atoms with Gasteiger partial charge >= 0.3 is 6.18 Å². The van der Waals surface area contributed by atoms with Crippen molar-refractivity contribution in [3.63, 3.8) is 0 Å². The zero-order valence-corrected chi connectivity index (χ0v) is 9.58. The Balaban J connectivity index is 2.51. The maximum absolute atomic E-state index is 12.6. The van der Waals surface area contributed by atoms with Gasteiger partial charge in [-0.1, -0.05) is 12.1 Å². The average molecular weight is 256 g/mol. The van der Waals surface area contributed by atoms with E-state index < -0.39 is 17.3 Å². The third-order valence-electron chi connectivity index (χ3n) is 2.62. The summed E-state index contributed by atoms with van der Waals surface area (Å²) in [5, 5.41) is 2.53. The molecule has 0 aliphatic heterocycles. The van der Waals surface area contributed by atoms with E-state index in [2.05, 4.69) is 5.10 Å². The predicted octanol–water partition coefficient (Wildman–Crippen LogP) is 2.88. The van der Waals surface area contributed by atoms with Crippen LogP contribution in [0.2, 0.25) is 0 Å². The van der Waals surface area contributed by atoms with Crippen LogP contribution in [0.1, 0.15) is 12.5 Å². The number of halogens is 3. The van der Waals surface area contributed by atoms with Crippen LogP contribution >= 0.6 is 0 Å².